The maximum absolute atomic E-state index is 13.0. The summed E-state index contributed by atoms with van der Waals surface area (Å²) in [4.78, 5) is 26.1. The van der Waals surface area contributed by atoms with Gasteiger partial charge in [-0.2, -0.15) is 0 Å². The summed E-state index contributed by atoms with van der Waals surface area (Å²) in [7, 11) is 0. The largest absolute Gasteiger partial charge is 0.481 e. The molecule has 3 N–H and O–H groups in total. The van der Waals surface area contributed by atoms with Crippen LogP contribution < -0.4 is 15.8 Å². The van der Waals surface area contributed by atoms with Crippen molar-refractivity contribution in [1.29, 1.82) is 0 Å². The zero-order valence-corrected chi connectivity index (χ0v) is 13.6. The highest BCUT2D eigenvalue weighted by atomic mass is 16.4. The van der Waals surface area contributed by atoms with Crippen LogP contribution in [0, 0.1) is 0 Å². The molecule has 6 heteroatoms. The van der Waals surface area contributed by atoms with Crippen molar-refractivity contribution in [1.82, 2.24) is 10.9 Å². The average molecular weight is 337 g/mol. The zero-order chi connectivity index (χ0) is 17.4. The average Bonchev–Trinajstić information content (AvgIpc) is 3.27. The number of rotatable bonds is 3. The topological polar surface area (TPSA) is 81.7 Å². The molecule has 1 fully saturated rings. The molecule has 2 aromatic rings. The van der Waals surface area contributed by atoms with Crippen LogP contribution in [-0.2, 0) is 9.59 Å². The van der Waals surface area contributed by atoms with Gasteiger partial charge in [-0.25, -0.2) is 10.9 Å². The second-order valence-electron chi connectivity index (χ2n) is 6.44. The first-order valence-corrected chi connectivity index (χ1v) is 8.34. The Morgan fingerprint density at radius 3 is 2.48 bits per heavy atom. The number of hydrogen-bond acceptors (Lipinski definition) is 4. The normalized spacial score (nSPS) is 25.0. The maximum Gasteiger partial charge on any atom is 0.312 e. The van der Waals surface area contributed by atoms with Crippen molar-refractivity contribution in [2.45, 2.75) is 24.4 Å². The van der Waals surface area contributed by atoms with Crippen LogP contribution in [0.25, 0.3) is 0 Å². The van der Waals surface area contributed by atoms with Gasteiger partial charge in [0.1, 0.15) is 12.0 Å². The van der Waals surface area contributed by atoms with Gasteiger partial charge in [-0.05, 0) is 23.6 Å². The smallest absolute Gasteiger partial charge is 0.312 e. The van der Waals surface area contributed by atoms with Crippen molar-refractivity contribution < 1.29 is 14.7 Å². The van der Waals surface area contributed by atoms with E-state index in [-0.39, 0.29) is 24.5 Å². The number of nitrogens with zero attached hydrogens (tertiary/aromatic N) is 1. The van der Waals surface area contributed by atoms with E-state index in [1.165, 1.54) is 0 Å². The predicted octanol–water partition coefficient (Wildman–Crippen LogP) is 1.81. The highest BCUT2D eigenvalue weighted by Crippen LogP contribution is 2.37. The molecule has 0 aliphatic carbocycles. The molecule has 3 atom stereocenters. The summed E-state index contributed by atoms with van der Waals surface area (Å²) in [5.74, 6) is -1.66. The molecule has 2 aromatic carbocycles. The van der Waals surface area contributed by atoms with Gasteiger partial charge in [-0.1, -0.05) is 48.5 Å². The third-order valence-corrected chi connectivity index (χ3v) is 4.94. The molecular weight excluding hydrogens is 318 g/mol. The Kier molecular flexibility index (Phi) is 3.99. The molecule has 25 heavy (non-hydrogen) atoms. The Labute approximate surface area is 145 Å². The van der Waals surface area contributed by atoms with Crippen LogP contribution in [0.3, 0.4) is 0 Å². The molecule has 1 saturated heterocycles. The first kappa shape index (κ1) is 15.8. The number of carbonyl (C=O) groups excluding carboxylic acids is 1. The zero-order valence-electron chi connectivity index (χ0n) is 13.6. The second kappa shape index (κ2) is 6.31. The van der Waals surface area contributed by atoms with Crippen molar-refractivity contribution in [2.24, 2.45) is 0 Å². The fourth-order valence-corrected chi connectivity index (χ4v) is 3.64. The highest BCUT2D eigenvalue weighted by Gasteiger charge is 2.40. The highest BCUT2D eigenvalue weighted by molar-refractivity contribution is 6.01. The van der Waals surface area contributed by atoms with Crippen molar-refractivity contribution in [3.63, 3.8) is 0 Å². The number of anilines is 1. The molecule has 0 spiro atoms. The number of carbonyl (C=O) groups is 2. The Hall–Kier alpha value is -2.70. The fraction of sp³-hybridized carbons (Fsp3) is 0.263. The van der Waals surface area contributed by atoms with Crippen LogP contribution in [-0.4, -0.2) is 29.6 Å². The molecule has 3 unspecified atom stereocenters. The van der Waals surface area contributed by atoms with Gasteiger partial charge in [-0.3, -0.25) is 9.59 Å². The van der Waals surface area contributed by atoms with Crippen LogP contribution in [0.2, 0.25) is 0 Å². The van der Waals surface area contributed by atoms with E-state index in [1.54, 1.807) is 11.0 Å². The van der Waals surface area contributed by atoms with Crippen LogP contribution >= 0.6 is 0 Å². The number of fused-ring (bicyclic) bond motifs is 1. The third kappa shape index (κ3) is 2.79. The molecule has 128 valence electrons. The number of carboxylic acid groups (broad SMARTS) is 1. The summed E-state index contributed by atoms with van der Waals surface area (Å²) in [5.41, 5.74) is 8.76. The molecule has 2 aliphatic rings. The monoisotopic (exact) mass is 337 g/mol. The quantitative estimate of drug-likeness (QED) is 0.796. The summed E-state index contributed by atoms with van der Waals surface area (Å²) < 4.78 is 0. The Morgan fingerprint density at radius 2 is 1.72 bits per heavy atom. The Balaban J connectivity index is 1.53. The number of para-hydroxylation sites is 1. The number of carboxylic acids is 1. The lowest BCUT2D eigenvalue weighted by molar-refractivity contribution is -0.138. The summed E-state index contributed by atoms with van der Waals surface area (Å²) in [6.45, 7) is 0.182. The van der Waals surface area contributed by atoms with Gasteiger partial charge in [0.15, 0.2) is 0 Å². The minimum Gasteiger partial charge on any atom is -0.481 e. The van der Waals surface area contributed by atoms with Crippen molar-refractivity contribution in [3.8, 4) is 0 Å². The second-order valence-corrected chi connectivity index (χ2v) is 6.44. The molecule has 0 bridgehead atoms. The first-order valence-electron chi connectivity index (χ1n) is 8.34. The van der Waals surface area contributed by atoms with Crippen LogP contribution in [0.15, 0.2) is 54.6 Å². The fourth-order valence-electron chi connectivity index (χ4n) is 3.64. The van der Waals surface area contributed by atoms with E-state index in [2.05, 4.69) is 10.9 Å². The van der Waals surface area contributed by atoms with Crippen molar-refractivity contribution >= 4 is 17.6 Å². The van der Waals surface area contributed by atoms with Gasteiger partial charge in [0.05, 0.1) is 0 Å². The summed E-state index contributed by atoms with van der Waals surface area (Å²) >= 11 is 0. The van der Waals surface area contributed by atoms with E-state index >= 15 is 0 Å². The van der Waals surface area contributed by atoms with E-state index in [1.807, 2.05) is 48.5 Å². The van der Waals surface area contributed by atoms with Crippen molar-refractivity contribution in [2.75, 3.05) is 11.4 Å². The van der Waals surface area contributed by atoms with Gasteiger partial charge in [0, 0.05) is 18.3 Å². The summed E-state index contributed by atoms with van der Waals surface area (Å²) in [6.07, 6.45) is 0.624. The van der Waals surface area contributed by atoms with Gasteiger partial charge in [-0.15, -0.1) is 0 Å². The number of nitrogens with one attached hydrogen (secondary N) is 2. The van der Waals surface area contributed by atoms with E-state index in [0.717, 1.165) is 5.56 Å². The van der Waals surface area contributed by atoms with Crippen LogP contribution in [0.5, 0.6) is 0 Å². The summed E-state index contributed by atoms with van der Waals surface area (Å²) in [5, 5.41) is 9.45. The standard InChI is InChI=1S/C19H19N3O3/c23-18(16-10-15(20-21-16)12-6-2-1-3-7-12)22-11-14(19(24)25)13-8-4-5-9-17(13)22/h1-9,14-16,20-21H,10-11H2,(H,24,25). The molecule has 4 rings (SSSR count). The SMILES string of the molecule is O=C(O)C1CN(C(=O)C2CC(c3ccccc3)NN2)c2ccccc21. The van der Waals surface area contributed by atoms with Crippen LogP contribution in [0.1, 0.15) is 29.5 Å². The minimum absolute atomic E-state index is 0.0586. The van der Waals surface area contributed by atoms with Gasteiger partial charge in [0.25, 0.3) is 0 Å². The number of amides is 1. The number of benzene rings is 2. The molecule has 1 amide bonds. The summed E-state index contributed by atoms with van der Waals surface area (Å²) in [6, 6.07) is 16.9. The van der Waals surface area contributed by atoms with Crippen molar-refractivity contribution in [3.05, 3.63) is 65.7 Å². The van der Waals surface area contributed by atoms with Gasteiger partial charge >= 0.3 is 5.97 Å². The molecule has 6 nitrogen and oxygen atoms in total. The number of hydrogen-bond donors (Lipinski definition) is 3. The minimum atomic E-state index is -0.901. The van der Waals surface area contributed by atoms with E-state index < -0.39 is 11.9 Å². The Bertz CT molecular complexity index is 809. The first-order chi connectivity index (χ1) is 12.1. The molecule has 0 aromatic heterocycles. The van der Waals surface area contributed by atoms with Gasteiger partial charge in [0.2, 0.25) is 5.91 Å². The lowest BCUT2D eigenvalue weighted by atomic mass is 10.0. The molecule has 0 saturated carbocycles. The maximum atomic E-state index is 13.0. The van der Waals surface area contributed by atoms with E-state index in [4.69, 9.17) is 0 Å². The number of aliphatic carboxylic acids is 1. The van der Waals surface area contributed by atoms with Gasteiger partial charge < -0.3 is 10.0 Å². The lowest BCUT2D eigenvalue weighted by Crippen LogP contribution is -2.45. The molecular formula is C19H19N3O3. The molecule has 0 radical (unpaired) electrons. The third-order valence-electron chi connectivity index (χ3n) is 4.94. The van der Waals surface area contributed by atoms with Crippen LogP contribution in [0.4, 0.5) is 5.69 Å². The Morgan fingerprint density at radius 1 is 1.00 bits per heavy atom. The molecule has 2 heterocycles. The molecule has 2 aliphatic heterocycles. The van der Waals surface area contributed by atoms with E-state index in [9.17, 15) is 14.7 Å². The number of hydrazine groups is 1. The predicted molar refractivity (Wildman–Crippen MR) is 93.0 cm³/mol. The van der Waals surface area contributed by atoms with E-state index in [0.29, 0.717) is 17.7 Å². The lowest BCUT2D eigenvalue weighted by Gasteiger charge is -2.21.